The van der Waals surface area contributed by atoms with Crippen LogP contribution in [0.4, 0.5) is 0 Å². The first kappa shape index (κ1) is 11.7. The second-order valence-electron chi connectivity index (χ2n) is 4.10. The lowest BCUT2D eigenvalue weighted by Crippen LogP contribution is -2.24. The van der Waals surface area contributed by atoms with E-state index < -0.39 is 0 Å². The van der Waals surface area contributed by atoms with Crippen molar-refractivity contribution >= 4 is 0 Å². The first-order valence-corrected chi connectivity index (χ1v) is 5.67. The van der Waals surface area contributed by atoms with E-state index in [0.29, 0.717) is 5.92 Å². The average Bonchev–Trinajstić information content (AvgIpc) is 2.25. The van der Waals surface area contributed by atoms with Gasteiger partial charge in [0.05, 0.1) is 6.61 Å². The zero-order chi connectivity index (χ0) is 10.2. The predicted octanol–water partition coefficient (Wildman–Crippen LogP) is 3.13. The Morgan fingerprint density at radius 1 is 1.57 bits per heavy atom. The number of ether oxygens (including phenoxy) is 2. The Hall–Kier alpha value is -0.340. The van der Waals surface area contributed by atoms with Crippen molar-refractivity contribution in [3.63, 3.8) is 0 Å². The van der Waals surface area contributed by atoms with Crippen LogP contribution < -0.4 is 0 Å². The lowest BCUT2D eigenvalue weighted by Gasteiger charge is -2.24. The summed E-state index contributed by atoms with van der Waals surface area (Å²) in [6.07, 6.45) is 7.76. The maximum atomic E-state index is 5.69. The van der Waals surface area contributed by atoms with Gasteiger partial charge in [-0.25, -0.2) is 0 Å². The topological polar surface area (TPSA) is 18.5 Å². The Balaban J connectivity index is 2.03. The maximum Gasteiger partial charge on any atom is 0.157 e. The molecule has 2 atom stereocenters. The van der Waals surface area contributed by atoms with Crippen molar-refractivity contribution in [1.82, 2.24) is 0 Å². The molecule has 0 amide bonds. The number of rotatable bonds is 6. The summed E-state index contributed by atoms with van der Waals surface area (Å²) in [5, 5.41) is 0. The van der Waals surface area contributed by atoms with E-state index in [1.165, 1.54) is 12.8 Å². The summed E-state index contributed by atoms with van der Waals surface area (Å²) in [4.78, 5) is 0. The zero-order valence-corrected chi connectivity index (χ0v) is 9.21. The van der Waals surface area contributed by atoms with Crippen molar-refractivity contribution in [2.24, 2.45) is 5.92 Å². The average molecular weight is 198 g/mol. The molecule has 2 heteroatoms. The van der Waals surface area contributed by atoms with Crippen LogP contribution in [0.25, 0.3) is 0 Å². The van der Waals surface area contributed by atoms with E-state index in [-0.39, 0.29) is 6.29 Å². The quantitative estimate of drug-likeness (QED) is 0.610. The highest BCUT2D eigenvalue weighted by molar-refractivity contribution is 4.68. The first-order chi connectivity index (χ1) is 6.83. The SMILES string of the molecule is C=CCC[C@H](C)COC1CCCCO1. The minimum atomic E-state index is 0.0648. The highest BCUT2D eigenvalue weighted by Gasteiger charge is 2.14. The lowest BCUT2D eigenvalue weighted by molar-refractivity contribution is -0.168. The van der Waals surface area contributed by atoms with E-state index in [2.05, 4.69) is 13.5 Å². The van der Waals surface area contributed by atoms with Gasteiger partial charge >= 0.3 is 0 Å². The Bertz CT molecular complexity index is 150. The van der Waals surface area contributed by atoms with Gasteiger partial charge < -0.3 is 9.47 Å². The molecular weight excluding hydrogens is 176 g/mol. The van der Waals surface area contributed by atoms with E-state index in [1.54, 1.807) is 0 Å². The normalized spacial score (nSPS) is 24.5. The van der Waals surface area contributed by atoms with Crippen LogP contribution >= 0.6 is 0 Å². The van der Waals surface area contributed by atoms with Crippen molar-refractivity contribution in [2.75, 3.05) is 13.2 Å². The lowest BCUT2D eigenvalue weighted by atomic mass is 10.1. The molecule has 14 heavy (non-hydrogen) atoms. The molecule has 1 rings (SSSR count). The van der Waals surface area contributed by atoms with Crippen molar-refractivity contribution in [1.29, 1.82) is 0 Å². The summed E-state index contributed by atoms with van der Waals surface area (Å²) in [7, 11) is 0. The van der Waals surface area contributed by atoms with Gasteiger partial charge in [-0.15, -0.1) is 6.58 Å². The molecule has 0 spiro atoms. The van der Waals surface area contributed by atoms with Gasteiger partial charge in [-0.1, -0.05) is 13.0 Å². The van der Waals surface area contributed by atoms with Crippen LogP contribution in [0, 0.1) is 5.92 Å². The van der Waals surface area contributed by atoms with E-state index in [0.717, 1.165) is 32.5 Å². The van der Waals surface area contributed by atoms with Gasteiger partial charge in [0.15, 0.2) is 6.29 Å². The van der Waals surface area contributed by atoms with Gasteiger partial charge in [0.1, 0.15) is 0 Å². The maximum absolute atomic E-state index is 5.69. The molecule has 0 aromatic rings. The third kappa shape index (κ3) is 4.77. The Morgan fingerprint density at radius 2 is 2.43 bits per heavy atom. The van der Waals surface area contributed by atoms with Gasteiger partial charge in [0, 0.05) is 6.61 Å². The summed E-state index contributed by atoms with van der Waals surface area (Å²) in [6.45, 7) is 7.62. The van der Waals surface area contributed by atoms with Crippen molar-refractivity contribution in [3.8, 4) is 0 Å². The smallest absolute Gasteiger partial charge is 0.157 e. The zero-order valence-electron chi connectivity index (χ0n) is 9.21. The molecule has 1 heterocycles. The molecule has 1 unspecified atom stereocenters. The van der Waals surface area contributed by atoms with E-state index in [9.17, 15) is 0 Å². The van der Waals surface area contributed by atoms with E-state index in [4.69, 9.17) is 9.47 Å². The second-order valence-corrected chi connectivity index (χ2v) is 4.10. The van der Waals surface area contributed by atoms with E-state index in [1.807, 2.05) is 6.08 Å². The van der Waals surface area contributed by atoms with Crippen molar-refractivity contribution in [3.05, 3.63) is 12.7 Å². The summed E-state index contributed by atoms with van der Waals surface area (Å²) >= 11 is 0. The highest BCUT2D eigenvalue weighted by Crippen LogP contribution is 2.15. The third-order valence-electron chi connectivity index (χ3n) is 2.57. The van der Waals surface area contributed by atoms with Gasteiger partial charge in [0.25, 0.3) is 0 Å². The van der Waals surface area contributed by atoms with Crippen LogP contribution in [0.1, 0.15) is 39.0 Å². The van der Waals surface area contributed by atoms with Crippen LogP contribution in [-0.2, 0) is 9.47 Å². The van der Waals surface area contributed by atoms with Gasteiger partial charge in [-0.3, -0.25) is 0 Å². The van der Waals surface area contributed by atoms with Crippen LogP contribution in [0.15, 0.2) is 12.7 Å². The molecule has 1 fully saturated rings. The Morgan fingerprint density at radius 3 is 3.07 bits per heavy atom. The summed E-state index contributed by atoms with van der Waals surface area (Å²) in [6, 6.07) is 0. The molecule has 1 saturated heterocycles. The number of hydrogen-bond donors (Lipinski definition) is 0. The Labute approximate surface area is 87.3 Å². The summed E-state index contributed by atoms with van der Waals surface area (Å²) < 4.78 is 11.2. The number of hydrogen-bond acceptors (Lipinski definition) is 2. The van der Waals surface area contributed by atoms with Crippen LogP contribution in [0.3, 0.4) is 0 Å². The number of allylic oxidation sites excluding steroid dienone is 1. The molecule has 2 nitrogen and oxygen atoms in total. The molecule has 0 radical (unpaired) electrons. The second kappa shape index (κ2) is 7.02. The highest BCUT2D eigenvalue weighted by atomic mass is 16.7. The van der Waals surface area contributed by atoms with Crippen molar-refractivity contribution < 1.29 is 9.47 Å². The summed E-state index contributed by atoms with van der Waals surface area (Å²) in [5.41, 5.74) is 0. The van der Waals surface area contributed by atoms with Gasteiger partial charge in [-0.05, 0) is 38.0 Å². The monoisotopic (exact) mass is 198 g/mol. The molecular formula is C12H22O2. The van der Waals surface area contributed by atoms with Crippen LogP contribution in [-0.4, -0.2) is 19.5 Å². The molecule has 0 aromatic heterocycles. The minimum Gasteiger partial charge on any atom is -0.353 e. The molecule has 1 aliphatic rings. The fourth-order valence-corrected chi connectivity index (χ4v) is 1.60. The fraction of sp³-hybridized carbons (Fsp3) is 0.833. The van der Waals surface area contributed by atoms with Gasteiger partial charge in [-0.2, -0.15) is 0 Å². The molecule has 82 valence electrons. The van der Waals surface area contributed by atoms with Crippen LogP contribution in [0.2, 0.25) is 0 Å². The molecule has 0 aromatic carbocycles. The fourth-order valence-electron chi connectivity index (χ4n) is 1.60. The van der Waals surface area contributed by atoms with Gasteiger partial charge in [0.2, 0.25) is 0 Å². The van der Waals surface area contributed by atoms with E-state index >= 15 is 0 Å². The van der Waals surface area contributed by atoms with Crippen molar-refractivity contribution in [2.45, 2.75) is 45.3 Å². The largest absolute Gasteiger partial charge is 0.353 e. The molecule has 0 N–H and O–H groups in total. The minimum absolute atomic E-state index is 0.0648. The summed E-state index contributed by atoms with van der Waals surface area (Å²) in [5.74, 6) is 0.610. The predicted molar refractivity (Wildman–Crippen MR) is 58.1 cm³/mol. The first-order valence-electron chi connectivity index (χ1n) is 5.67. The third-order valence-corrected chi connectivity index (χ3v) is 2.57. The molecule has 0 saturated carbocycles. The van der Waals surface area contributed by atoms with Crippen LogP contribution in [0.5, 0.6) is 0 Å². The molecule has 0 aliphatic carbocycles. The standard InChI is InChI=1S/C12H22O2/c1-3-4-7-11(2)10-14-12-8-5-6-9-13-12/h3,11-12H,1,4-10H2,2H3/t11-,12?/m0/s1. The molecule has 0 bridgehead atoms. The Kier molecular flexibility index (Phi) is 5.88. The molecule has 1 aliphatic heterocycles.